The number of likely N-dealkylation sites (tertiary alicyclic amines) is 1. The topological polar surface area (TPSA) is 70.8 Å². The number of nitrogens with zero attached hydrogens (tertiary/aromatic N) is 3. The molecule has 8 heteroatoms. The van der Waals surface area contributed by atoms with Crippen LogP contribution in [0, 0.1) is 5.82 Å². The molecule has 3 aromatic rings. The number of aromatic nitrogens is 1. The van der Waals surface area contributed by atoms with Gasteiger partial charge >= 0.3 is 0 Å². The molecule has 1 N–H and O–H groups in total. The van der Waals surface area contributed by atoms with E-state index in [1.165, 1.54) is 12.1 Å². The van der Waals surface area contributed by atoms with Gasteiger partial charge in [-0.2, -0.15) is 0 Å². The van der Waals surface area contributed by atoms with Gasteiger partial charge in [-0.3, -0.25) is 9.69 Å². The monoisotopic (exact) mass is 480 g/mol. The van der Waals surface area contributed by atoms with E-state index in [4.69, 9.17) is 9.26 Å². The van der Waals surface area contributed by atoms with Gasteiger partial charge in [-0.1, -0.05) is 11.2 Å². The number of amides is 1. The number of carbonyl (C=O) groups excluding carboxylic acids is 1. The van der Waals surface area contributed by atoms with Crippen molar-refractivity contribution in [3.63, 3.8) is 0 Å². The molecule has 186 valence electrons. The summed E-state index contributed by atoms with van der Waals surface area (Å²) in [5, 5.41) is 7.15. The average Bonchev–Trinajstić information content (AvgIpc) is 3.32. The van der Waals surface area contributed by atoms with Crippen LogP contribution in [-0.4, -0.2) is 67.2 Å². The van der Waals surface area contributed by atoms with Gasteiger partial charge in [0.05, 0.1) is 5.69 Å². The molecule has 0 radical (unpaired) electrons. The number of carbonyl (C=O) groups is 1. The number of ether oxygens (including phenoxy) is 1. The normalized spacial score (nSPS) is 14.9. The SMILES string of the molecule is CN(C)CCCNC(=O)c1cccc(OC2CCN(Cc3cc(-c4ccc(F)cc4)on3)CC2)c1. The standard InChI is InChI=1S/C27H33FN4O3/c1-31(2)14-4-13-29-27(33)21-5-3-6-25(17-21)34-24-11-15-32(16-12-24)19-23-18-26(35-30-23)20-7-9-22(28)10-8-20/h3,5-10,17-18,24H,4,11-16,19H2,1-2H3,(H,29,33). The molecule has 0 aliphatic carbocycles. The summed E-state index contributed by atoms with van der Waals surface area (Å²) in [4.78, 5) is 16.9. The van der Waals surface area contributed by atoms with E-state index in [-0.39, 0.29) is 17.8 Å². The second-order valence-corrected chi connectivity index (χ2v) is 9.22. The fourth-order valence-electron chi connectivity index (χ4n) is 4.15. The third-order valence-corrected chi connectivity index (χ3v) is 6.07. The van der Waals surface area contributed by atoms with E-state index in [1.54, 1.807) is 12.1 Å². The van der Waals surface area contributed by atoms with E-state index in [0.717, 1.165) is 55.9 Å². The number of halogens is 1. The predicted molar refractivity (Wildman–Crippen MR) is 133 cm³/mol. The van der Waals surface area contributed by atoms with Gasteiger partial charge < -0.3 is 19.5 Å². The van der Waals surface area contributed by atoms with Crippen LogP contribution in [0.3, 0.4) is 0 Å². The van der Waals surface area contributed by atoms with Crippen LogP contribution >= 0.6 is 0 Å². The molecular weight excluding hydrogens is 447 g/mol. The van der Waals surface area contributed by atoms with Crippen LogP contribution in [0.2, 0.25) is 0 Å². The quantitative estimate of drug-likeness (QED) is 0.439. The van der Waals surface area contributed by atoms with Crippen LogP contribution in [0.25, 0.3) is 11.3 Å². The van der Waals surface area contributed by atoms with Gasteiger partial charge in [-0.25, -0.2) is 4.39 Å². The molecule has 0 saturated carbocycles. The molecule has 1 fully saturated rings. The molecular formula is C27H33FN4O3. The smallest absolute Gasteiger partial charge is 0.251 e. The Kier molecular flexibility index (Phi) is 8.50. The first-order chi connectivity index (χ1) is 17.0. The lowest BCUT2D eigenvalue weighted by atomic mass is 10.1. The highest BCUT2D eigenvalue weighted by molar-refractivity contribution is 5.94. The zero-order chi connectivity index (χ0) is 24.6. The fourth-order valence-corrected chi connectivity index (χ4v) is 4.15. The Bertz CT molecular complexity index is 1090. The van der Waals surface area contributed by atoms with Crippen LogP contribution in [-0.2, 0) is 6.54 Å². The summed E-state index contributed by atoms with van der Waals surface area (Å²) < 4.78 is 24.8. The van der Waals surface area contributed by atoms with Crippen LogP contribution in [0.4, 0.5) is 4.39 Å². The van der Waals surface area contributed by atoms with Gasteiger partial charge in [0.1, 0.15) is 17.7 Å². The Hall–Kier alpha value is -3.23. The van der Waals surface area contributed by atoms with E-state index in [0.29, 0.717) is 24.4 Å². The Morgan fingerprint density at radius 3 is 2.69 bits per heavy atom. The fraction of sp³-hybridized carbons (Fsp3) is 0.407. The Labute approximate surface area is 205 Å². The minimum Gasteiger partial charge on any atom is -0.490 e. The predicted octanol–water partition coefficient (Wildman–Crippen LogP) is 4.21. The first-order valence-electron chi connectivity index (χ1n) is 12.1. The van der Waals surface area contributed by atoms with Crippen molar-refractivity contribution >= 4 is 5.91 Å². The van der Waals surface area contributed by atoms with Crippen molar-refractivity contribution < 1.29 is 18.4 Å². The zero-order valence-corrected chi connectivity index (χ0v) is 20.4. The molecule has 1 aliphatic heterocycles. The summed E-state index contributed by atoms with van der Waals surface area (Å²) in [6.45, 7) is 4.05. The van der Waals surface area contributed by atoms with E-state index < -0.39 is 0 Å². The Morgan fingerprint density at radius 2 is 1.94 bits per heavy atom. The van der Waals surface area contributed by atoms with Crippen molar-refractivity contribution in [2.24, 2.45) is 0 Å². The van der Waals surface area contributed by atoms with Crippen molar-refractivity contribution in [1.29, 1.82) is 0 Å². The van der Waals surface area contributed by atoms with Crippen molar-refractivity contribution in [1.82, 2.24) is 20.3 Å². The van der Waals surface area contributed by atoms with E-state index in [2.05, 4.69) is 20.3 Å². The highest BCUT2D eigenvalue weighted by Crippen LogP contribution is 2.24. The molecule has 4 rings (SSSR count). The lowest BCUT2D eigenvalue weighted by Gasteiger charge is -2.31. The van der Waals surface area contributed by atoms with Crippen LogP contribution in [0.15, 0.2) is 59.1 Å². The zero-order valence-electron chi connectivity index (χ0n) is 20.4. The summed E-state index contributed by atoms with van der Waals surface area (Å²) in [5.41, 5.74) is 2.28. The van der Waals surface area contributed by atoms with Gasteiger partial charge in [0, 0.05) is 43.4 Å². The maximum atomic E-state index is 13.1. The van der Waals surface area contributed by atoms with Crippen LogP contribution < -0.4 is 10.1 Å². The molecule has 35 heavy (non-hydrogen) atoms. The molecule has 0 atom stereocenters. The molecule has 2 aromatic carbocycles. The van der Waals surface area contributed by atoms with Crippen molar-refractivity contribution in [2.45, 2.75) is 31.9 Å². The Morgan fingerprint density at radius 1 is 1.17 bits per heavy atom. The van der Waals surface area contributed by atoms with Crippen LogP contribution in [0.5, 0.6) is 5.75 Å². The van der Waals surface area contributed by atoms with E-state index >= 15 is 0 Å². The third kappa shape index (κ3) is 7.37. The van der Waals surface area contributed by atoms with Gasteiger partial charge in [0.2, 0.25) is 0 Å². The number of hydrogen-bond donors (Lipinski definition) is 1. The average molecular weight is 481 g/mol. The molecule has 0 unspecified atom stereocenters. The van der Waals surface area contributed by atoms with Gasteiger partial charge in [-0.15, -0.1) is 0 Å². The second-order valence-electron chi connectivity index (χ2n) is 9.22. The highest BCUT2D eigenvalue weighted by atomic mass is 19.1. The Balaban J connectivity index is 1.23. The third-order valence-electron chi connectivity index (χ3n) is 6.07. The summed E-state index contributed by atoms with van der Waals surface area (Å²) in [7, 11) is 4.04. The molecule has 1 amide bonds. The summed E-state index contributed by atoms with van der Waals surface area (Å²) in [6, 6.07) is 15.5. The lowest BCUT2D eigenvalue weighted by Crippen LogP contribution is -2.37. The molecule has 1 aromatic heterocycles. The summed E-state index contributed by atoms with van der Waals surface area (Å²) in [6.07, 6.45) is 2.81. The first kappa shape index (κ1) is 24.9. The van der Waals surface area contributed by atoms with Gasteiger partial charge in [-0.05, 0) is 82.4 Å². The largest absolute Gasteiger partial charge is 0.490 e. The molecule has 0 bridgehead atoms. The maximum Gasteiger partial charge on any atom is 0.251 e. The van der Waals surface area contributed by atoms with Crippen molar-refractivity contribution in [3.8, 4) is 17.1 Å². The van der Waals surface area contributed by atoms with E-state index in [9.17, 15) is 9.18 Å². The lowest BCUT2D eigenvalue weighted by molar-refractivity contribution is 0.0931. The van der Waals surface area contributed by atoms with Gasteiger partial charge in [0.15, 0.2) is 5.76 Å². The maximum absolute atomic E-state index is 13.1. The van der Waals surface area contributed by atoms with Crippen LogP contribution in [0.1, 0.15) is 35.3 Å². The van der Waals surface area contributed by atoms with Crippen molar-refractivity contribution in [2.75, 3.05) is 40.3 Å². The van der Waals surface area contributed by atoms with Gasteiger partial charge in [0.25, 0.3) is 5.91 Å². The molecule has 7 nitrogen and oxygen atoms in total. The van der Waals surface area contributed by atoms with Crippen molar-refractivity contribution in [3.05, 3.63) is 71.7 Å². The second kappa shape index (κ2) is 12.0. The summed E-state index contributed by atoms with van der Waals surface area (Å²) >= 11 is 0. The molecule has 0 spiro atoms. The first-order valence-corrected chi connectivity index (χ1v) is 12.1. The number of piperidine rings is 1. The highest BCUT2D eigenvalue weighted by Gasteiger charge is 2.22. The molecule has 2 heterocycles. The number of benzene rings is 2. The number of nitrogens with one attached hydrogen (secondary N) is 1. The molecule has 1 aliphatic rings. The number of rotatable bonds is 10. The summed E-state index contributed by atoms with van der Waals surface area (Å²) in [5.74, 6) is 1.02. The number of hydrogen-bond acceptors (Lipinski definition) is 6. The van der Waals surface area contributed by atoms with E-state index in [1.807, 2.05) is 44.4 Å². The minimum atomic E-state index is -0.274. The minimum absolute atomic E-state index is 0.0726. The molecule has 1 saturated heterocycles.